The van der Waals surface area contributed by atoms with E-state index in [0.29, 0.717) is 6.42 Å². The van der Waals surface area contributed by atoms with Crippen molar-refractivity contribution in [3.63, 3.8) is 0 Å². The van der Waals surface area contributed by atoms with Crippen molar-refractivity contribution < 1.29 is 39.1 Å². The van der Waals surface area contributed by atoms with E-state index >= 15 is 0 Å². The molecule has 0 aromatic rings. The predicted octanol–water partition coefficient (Wildman–Crippen LogP) is -1.67. The Morgan fingerprint density at radius 2 is 2.40 bits per heavy atom. The second-order valence-electron chi connectivity index (χ2n) is 1.74. The summed E-state index contributed by atoms with van der Waals surface area (Å²) in [5, 5.41) is 0. The van der Waals surface area contributed by atoms with Crippen LogP contribution in [0.3, 0.4) is 0 Å². The number of rotatable bonds is 3. The van der Waals surface area contributed by atoms with E-state index in [1.54, 1.807) is 6.92 Å². The molecule has 1 atom stereocenters. The molecule has 1 unspecified atom stereocenters. The molecule has 0 N–H and O–H groups in total. The molecule has 0 spiro atoms. The molecule has 0 saturated carbocycles. The minimum absolute atomic E-state index is 0. The first kappa shape index (κ1) is 12.8. The molecule has 10 heavy (non-hydrogen) atoms. The molecule has 52 valence electrons. The van der Waals surface area contributed by atoms with Crippen molar-refractivity contribution in [3.8, 4) is 0 Å². The predicted molar refractivity (Wildman–Crippen MR) is 35.7 cm³/mol. The van der Waals surface area contributed by atoms with E-state index in [-0.39, 0.29) is 41.6 Å². The van der Waals surface area contributed by atoms with Gasteiger partial charge in [0.1, 0.15) is 0 Å². The van der Waals surface area contributed by atoms with Gasteiger partial charge in [0.25, 0.3) is 0 Å². The molecular formula is C7H11NaO2. The molecule has 3 heteroatoms. The third kappa shape index (κ3) is 6.33. The van der Waals surface area contributed by atoms with Crippen LogP contribution in [-0.2, 0) is 9.53 Å². The fraction of sp³-hybridized carbons (Fsp3) is 0.429. The molecule has 0 aromatic carbocycles. The van der Waals surface area contributed by atoms with Gasteiger partial charge in [0, 0.05) is 6.08 Å². The van der Waals surface area contributed by atoms with Crippen molar-refractivity contribution >= 4 is 5.97 Å². The van der Waals surface area contributed by atoms with Crippen molar-refractivity contribution in [1.82, 2.24) is 0 Å². The number of carbonyl (C=O) groups is 1. The van der Waals surface area contributed by atoms with E-state index in [9.17, 15) is 4.79 Å². The van der Waals surface area contributed by atoms with E-state index in [1.807, 2.05) is 0 Å². The van der Waals surface area contributed by atoms with E-state index in [4.69, 9.17) is 4.74 Å². The fourth-order valence-corrected chi connectivity index (χ4v) is 0.305. The molecule has 0 radical (unpaired) electrons. The van der Waals surface area contributed by atoms with Gasteiger partial charge in [-0.25, -0.2) is 4.79 Å². The van der Waals surface area contributed by atoms with Crippen LogP contribution in [0.1, 0.15) is 13.3 Å². The Hall–Kier alpha value is 0.210. The van der Waals surface area contributed by atoms with Gasteiger partial charge in [-0.15, -0.1) is 6.42 Å². The minimum Gasteiger partial charge on any atom is -0.462 e. The SMILES string of the molecule is C=CC(=O)OC(C)C[CH2-].[Na+]. The summed E-state index contributed by atoms with van der Waals surface area (Å²) in [6.07, 6.45) is 1.64. The van der Waals surface area contributed by atoms with Crippen LogP contribution in [0.25, 0.3) is 0 Å². The van der Waals surface area contributed by atoms with Crippen LogP contribution in [0.4, 0.5) is 0 Å². The van der Waals surface area contributed by atoms with Crippen LogP contribution in [0.2, 0.25) is 0 Å². The average Bonchev–Trinajstić information content (AvgIpc) is 1.87. The maximum Gasteiger partial charge on any atom is 1.00 e. The van der Waals surface area contributed by atoms with Crippen molar-refractivity contribution in [1.29, 1.82) is 0 Å². The summed E-state index contributed by atoms with van der Waals surface area (Å²) in [4.78, 5) is 10.4. The topological polar surface area (TPSA) is 26.3 Å². The zero-order valence-corrected chi connectivity index (χ0v) is 8.59. The molecule has 0 bridgehead atoms. The van der Waals surface area contributed by atoms with Gasteiger partial charge >= 0.3 is 35.5 Å². The first-order valence-corrected chi connectivity index (χ1v) is 2.83. The third-order valence-electron chi connectivity index (χ3n) is 0.891. The molecule has 0 rings (SSSR count). The van der Waals surface area contributed by atoms with Gasteiger partial charge in [0.15, 0.2) is 0 Å². The fourth-order valence-electron chi connectivity index (χ4n) is 0.305. The Balaban J connectivity index is 0. The summed E-state index contributed by atoms with van der Waals surface area (Å²) >= 11 is 0. The van der Waals surface area contributed by atoms with Gasteiger partial charge in [-0.05, 0) is 6.92 Å². The summed E-state index contributed by atoms with van der Waals surface area (Å²) in [5.41, 5.74) is 0. The van der Waals surface area contributed by atoms with Gasteiger partial charge in [0.05, 0.1) is 6.10 Å². The Kier molecular flexibility index (Phi) is 9.40. The molecule has 0 heterocycles. The monoisotopic (exact) mass is 150 g/mol. The van der Waals surface area contributed by atoms with Crippen LogP contribution in [0, 0.1) is 6.92 Å². The minimum atomic E-state index is -0.383. The van der Waals surface area contributed by atoms with Gasteiger partial charge < -0.3 is 11.7 Å². The molecule has 0 amide bonds. The molecule has 0 aliphatic heterocycles. The zero-order valence-electron chi connectivity index (χ0n) is 6.59. The number of ether oxygens (including phenoxy) is 1. The van der Waals surface area contributed by atoms with Crippen molar-refractivity contribution in [3.05, 3.63) is 19.6 Å². The smallest absolute Gasteiger partial charge is 0.462 e. The van der Waals surface area contributed by atoms with Gasteiger partial charge in [-0.2, -0.15) is 0 Å². The molecule has 0 aromatic heterocycles. The van der Waals surface area contributed by atoms with Gasteiger partial charge in [-0.1, -0.05) is 6.58 Å². The Labute approximate surface area is 83.9 Å². The standard InChI is InChI=1S/C7H11O2.Na/c1-4-6(3)9-7(8)5-2;/h5-6H,1-2,4H2,3H3;/q-1;+1. The first-order chi connectivity index (χ1) is 4.20. The summed E-state index contributed by atoms with van der Waals surface area (Å²) in [5.74, 6) is -0.383. The number of hydrogen-bond donors (Lipinski definition) is 0. The molecule has 0 fully saturated rings. The number of hydrogen-bond acceptors (Lipinski definition) is 2. The van der Waals surface area contributed by atoms with Crippen LogP contribution in [0.5, 0.6) is 0 Å². The molecule has 0 saturated heterocycles. The van der Waals surface area contributed by atoms with E-state index in [2.05, 4.69) is 13.5 Å². The molecule has 0 aliphatic carbocycles. The van der Waals surface area contributed by atoms with E-state index in [1.165, 1.54) is 0 Å². The number of carbonyl (C=O) groups excluding carboxylic acids is 1. The molecule has 0 aliphatic rings. The van der Waals surface area contributed by atoms with Crippen LogP contribution >= 0.6 is 0 Å². The van der Waals surface area contributed by atoms with E-state index < -0.39 is 0 Å². The first-order valence-electron chi connectivity index (χ1n) is 2.83. The average molecular weight is 150 g/mol. The summed E-state index contributed by atoms with van der Waals surface area (Å²) in [6.45, 7) is 8.60. The molecular weight excluding hydrogens is 139 g/mol. The number of esters is 1. The zero-order chi connectivity index (χ0) is 7.28. The van der Waals surface area contributed by atoms with Crippen LogP contribution in [0.15, 0.2) is 12.7 Å². The van der Waals surface area contributed by atoms with Crippen LogP contribution < -0.4 is 29.6 Å². The van der Waals surface area contributed by atoms with Crippen molar-refractivity contribution in [2.45, 2.75) is 19.4 Å². The van der Waals surface area contributed by atoms with Gasteiger partial charge in [-0.3, -0.25) is 0 Å². The quantitative estimate of drug-likeness (QED) is 0.208. The largest absolute Gasteiger partial charge is 1.00 e. The third-order valence-corrected chi connectivity index (χ3v) is 0.891. The maximum absolute atomic E-state index is 10.4. The van der Waals surface area contributed by atoms with Crippen molar-refractivity contribution in [2.24, 2.45) is 0 Å². The molecule has 2 nitrogen and oxygen atoms in total. The normalized spacial score (nSPS) is 11.0. The summed E-state index contributed by atoms with van der Waals surface area (Å²) < 4.78 is 4.73. The Bertz CT molecular complexity index is 112. The summed E-state index contributed by atoms with van der Waals surface area (Å²) in [6, 6.07) is 0. The van der Waals surface area contributed by atoms with E-state index in [0.717, 1.165) is 6.08 Å². The van der Waals surface area contributed by atoms with Crippen LogP contribution in [-0.4, -0.2) is 12.1 Å². The Morgan fingerprint density at radius 1 is 1.90 bits per heavy atom. The second kappa shape index (κ2) is 7.32. The second-order valence-corrected chi connectivity index (χ2v) is 1.74. The summed E-state index contributed by atoms with van der Waals surface area (Å²) in [7, 11) is 0. The van der Waals surface area contributed by atoms with Gasteiger partial charge in [0.2, 0.25) is 0 Å². The van der Waals surface area contributed by atoms with Crippen molar-refractivity contribution in [2.75, 3.05) is 0 Å². The Morgan fingerprint density at radius 3 is 2.70 bits per heavy atom. The maximum atomic E-state index is 10.4.